The normalized spacial score (nSPS) is 26.4. The molecule has 0 amide bonds. The molecule has 1 aliphatic rings. The van der Waals surface area contributed by atoms with Crippen LogP contribution in [0.1, 0.15) is 26.7 Å². The van der Waals surface area contributed by atoms with Gasteiger partial charge in [-0.05, 0) is 26.4 Å². The summed E-state index contributed by atoms with van der Waals surface area (Å²) in [6.07, 6.45) is 2.24. The Balaban J connectivity index is 2.53. The van der Waals surface area contributed by atoms with Crippen LogP contribution in [0.2, 0.25) is 0 Å². The number of carbonyl (C=O) groups excluding carboxylic acids is 1. The van der Waals surface area contributed by atoms with Crippen molar-refractivity contribution in [1.82, 2.24) is 4.90 Å². The first-order chi connectivity index (χ1) is 5.13. The number of likely N-dealkylation sites (N-methyl/N-ethyl adjacent to an activating group) is 1. The molecule has 1 heterocycles. The van der Waals surface area contributed by atoms with Crippen molar-refractivity contribution in [2.75, 3.05) is 13.6 Å². The SMILES string of the molecule is CC(C)C(=O)[C@H]1CCCN1C. The van der Waals surface area contributed by atoms with E-state index in [1.165, 1.54) is 6.42 Å². The third-order valence-corrected chi connectivity index (χ3v) is 2.42. The zero-order chi connectivity index (χ0) is 8.43. The smallest absolute Gasteiger partial charge is 0.152 e. The lowest BCUT2D eigenvalue weighted by Crippen LogP contribution is -2.35. The average Bonchev–Trinajstić information content (AvgIpc) is 2.33. The minimum atomic E-state index is 0.195. The topological polar surface area (TPSA) is 20.3 Å². The highest BCUT2D eigenvalue weighted by Gasteiger charge is 2.28. The molecular weight excluding hydrogens is 138 g/mol. The Morgan fingerprint density at radius 1 is 1.55 bits per heavy atom. The number of Topliss-reactive ketones (excluding diaryl/α,β-unsaturated/α-hetero) is 1. The Morgan fingerprint density at radius 2 is 2.18 bits per heavy atom. The molecule has 2 nitrogen and oxygen atoms in total. The molecule has 2 heteroatoms. The van der Waals surface area contributed by atoms with Crippen LogP contribution in [0, 0.1) is 5.92 Å². The quantitative estimate of drug-likeness (QED) is 0.599. The second-order valence-electron chi connectivity index (χ2n) is 3.70. The first kappa shape index (κ1) is 8.72. The Hall–Kier alpha value is -0.370. The summed E-state index contributed by atoms with van der Waals surface area (Å²) in [5.41, 5.74) is 0. The van der Waals surface area contributed by atoms with Crippen molar-refractivity contribution in [3.63, 3.8) is 0 Å². The third-order valence-electron chi connectivity index (χ3n) is 2.42. The summed E-state index contributed by atoms with van der Waals surface area (Å²) < 4.78 is 0. The molecular formula is C9H17NO. The van der Waals surface area contributed by atoms with E-state index < -0.39 is 0 Å². The van der Waals surface area contributed by atoms with Gasteiger partial charge in [-0.2, -0.15) is 0 Å². The molecule has 1 fully saturated rings. The van der Waals surface area contributed by atoms with E-state index in [4.69, 9.17) is 0 Å². The number of rotatable bonds is 2. The van der Waals surface area contributed by atoms with Crippen LogP contribution in [0.4, 0.5) is 0 Å². The van der Waals surface area contributed by atoms with Crippen LogP contribution in [0.25, 0.3) is 0 Å². The van der Waals surface area contributed by atoms with E-state index in [0.29, 0.717) is 5.78 Å². The number of likely N-dealkylation sites (tertiary alicyclic amines) is 1. The van der Waals surface area contributed by atoms with Gasteiger partial charge in [-0.1, -0.05) is 13.8 Å². The zero-order valence-electron chi connectivity index (χ0n) is 7.63. The van der Waals surface area contributed by atoms with Crippen molar-refractivity contribution in [3.05, 3.63) is 0 Å². The van der Waals surface area contributed by atoms with Gasteiger partial charge in [0.15, 0.2) is 5.78 Å². The van der Waals surface area contributed by atoms with Crippen LogP contribution >= 0.6 is 0 Å². The van der Waals surface area contributed by atoms with Gasteiger partial charge >= 0.3 is 0 Å². The molecule has 0 radical (unpaired) electrons. The predicted octanol–water partition coefficient (Wildman–Crippen LogP) is 1.31. The van der Waals surface area contributed by atoms with Crippen molar-refractivity contribution in [1.29, 1.82) is 0 Å². The minimum absolute atomic E-state index is 0.195. The number of carbonyl (C=O) groups is 1. The van der Waals surface area contributed by atoms with E-state index in [-0.39, 0.29) is 12.0 Å². The second kappa shape index (κ2) is 3.35. The van der Waals surface area contributed by atoms with E-state index in [0.717, 1.165) is 13.0 Å². The maximum absolute atomic E-state index is 11.5. The Bertz CT molecular complexity index is 154. The fourth-order valence-corrected chi connectivity index (χ4v) is 1.65. The number of ketones is 1. The minimum Gasteiger partial charge on any atom is -0.298 e. The molecule has 1 atom stereocenters. The van der Waals surface area contributed by atoms with Crippen LogP contribution in [-0.4, -0.2) is 30.3 Å². The van der Waals surface area contributed by atoms with Gasteiger partial charge in [-0.3, -0.25) is 9.69 Å². The molecule has 0 aliphatic carbocycles. The van der Waals surface area contributed by atoms with Gasteiger partial charge in [0, 0.05) is 5.92 Å². The summed E-state index contributed by atoms with van der Waals surface area (Å²) in [5, 5.41) is 0. The standard InChI is InChI=1S/C9H17NO/c1-7(2)9(11)8-5-4-6-10(8)3/h7-8H,4-6H2,1-3H3/t8-/m1/s1. The Labute approximate surface area is 68.6 Å². The van der Waals surface area contributed by atoms with Gasteiger partial charge in [0.25, 0.3) is 0 Å². The van der Waals surface area contributed by atoms with Gasteiger partial charge < -0.3 is 0 Å². The molecule has 0 saturated carbocycles. The van der Waals surface area contributed by atoms with Crippen LogP contribution < -0.4 is 0 Å². The summed E-state index contributed by atoms with van der Waals surface area (Å²) in [4.78, 5) is 13.7. The summed E-state index contributed by atoms with van der Waals surface area (Å²) in [5.74, 6) is 0.602. The molecule has 1 saturated heterocycles. The summed E-state index contributed by atoms with van der Waals surface area (Å²) in [7, 11) is 2.04. The maximum atomic E-state index is 11.5. The van der Waals surface area contributed by atoms with Crippen LogP contribution in [0.3, 0.4) is 0 Å². The average molecular weight is 155 g/mol. The van der Waals surface area contributed by atoms with Gasteiger partial charge in [-0.15, -0.1) is 0 Å². The van der Waals surface area contributed by atoms with Crippen LogP contribution in [-0.2, 0) is 4.79 Å². The predicted molar refractivity (Wildman–Crippen MR) is 45.5 cm³/mol. The summed E-state index contributed by atoms with van der Waals surface area (Å²) in [6.45, 7) is 5.05. The fourth-order valence-electron chi connectivity index (χ4n) is 1.65. The van der Waals surface area contributed by atoms with E-state index in [1.807, 2.05) is 20.9 Å². The summed E-state index contributed by atoms with van der Waals surface area (Å²) in [6, 6.07) is 0.218. The summed E-state index contributed by atoms with van der Waals surface area (Å²) >= 11 is 0. The fraction of sp³-hybridized carbons (Fsp3) is 0.889. The second-order valence-corrected chi connectivity index (χ2v) is 3.70. The molecule has 64 valence electrons. The lowest BCUT2D eigenvalue weighted by Gasteiger charge is -2.19. The number of hydrogen-bond acceptors (Lipinski definition) is 2. The van der Waals surface area contributed by atoms with Crippen molar-refractivity contribution in [3.8, 4) is 0 Å². The monoisotopic (exact) mass is 155 g/mol. The largest absolute Gasteiger partial charge is 0.298 e. The van der Waals surface area contributed by atoms with Crippen LogP contribution in [0.15, 0.2) is 0 Å². The highest BCUT2D eigenvalue weighted by atomic mass is 16.1. The number of nitrogens with zero attached hydrogens (tertiary/aromatic N) is 1. The molecule has 0 aromatic rings. The van der Waals surface area contributed by atoms with E-state index in [9.17, 15) is 4.79 Å². The molecule has 11 heavy (non-hydrogen) atoms. The highest BCUT2D eigenvalue weighted by Crippen LogP contribution is 2.18. The van der Waals surface area contributed by atoms with Gasteiger partial charge in [0.2, 0.25) is 0 Å². The molecule has 0 aromatic heterocycles. The molecule has 1 aliphatic heterocycles. The number of hydrogen-bond donors (Lipinski definition) is 0. The molecule has 0 bridgehead atoms. The molecule has 0 spiro atoms. The van der Waals surface area contributed by atoms with Crippen molar-refractivity contribution in [2.45, 2.75) is 32.7 Å². The van der Waals surface area contributed by atoms with Crippen molar-refractivity contribution < 1.29 is 4.79 Å². The first-order valence-electron chi connectivity index (χ1n) is 4.37. The van der Waals surface area contributed by atoms with Gasteiger partial charge in [-0.25, -0.2) is 0 Å². The van der Waals surface area contributed by atoms with Crippen molar-refractivity contribution >= 4 is 5.78 Å². The van der Waals surface area contributed by atoms with E-state index in [1.54, 1.807) is 0 Å². The zero-order valence-corrected chi connectivity index (χ0v) is 7.63. The maximum Gasteiger partial charge on any atom is 0.152 e. The van der Waals surface area contributed by atoms with Crippen molar-refractivity contribution in [2.24, 2.45) is 5.92 Å². The molecule has 1 rings (SSSR count). The molecule has 0 unspecified atom stereocenters. The Morgan fingerprint density at radius 3 is 2.55 bits per heavy atom. The van der Waals surface area contributed by atoms with Crippen LogP contribution in [0.5, 0.6) is 0 Å². The lowest BCUT2D eigenvalue weighted by molar-refractivity contribution is -0.125. The van der Waals surface area contributed by atoms with E-state index in [2.05, 4.69) is 4.90 Å². The molecule has 0 aromatic carbocycles. The Kier molecular flexibility index (Phi) is 2.66. The molecule has 0 N–H and O–H groups in total. The van der Waals surface area contributed by atoms with E-state index >= 15 is 0 Å². The third kappa shape index (κ3) is 1.80. The first-order valence-corrected chi connectivity index (χ1v) is 4.37. The lowest BCUT2D eigenvalue weighted by atomic mass is 10.0. The van der Waals surface area contributed by atoms with Gasteiger partial charge in [0.05, 0.1) is 6.04 Å². The highest BCUT2D eigenvalue weighted by molar-refractivity contribution is 5.85. The van der Waals surface area contributed by atoms with Gasteiger partial charge in [0.1, 0.15) is 0 Å².